The molecule has 18 heavy (non-hydrogen) atoms. The average molecular weight is 242 g/mol. The molecule has 0 aliphatic rings. The predicted octanol–water partition coefficient (Wildman–Crippen LogP) is 2.73. The zero-order chi connectivity index (χ0) is 13.1. The molecule has 2 aromatic carbocycles. The summed E-state index contributed by atoms with van der Waals surface area (Å²) in [5, 5.41) is 11.1. The van der Waals surface area contributed by atoms with Crippen LogP contribution in [0.15, 0.2) is 49.0 Å². The highest BCUT2D eigenvalue weighted by molar-refractivity contribution is 6.16. The van der Waals surface area contributed by atoms with Crippen LogP contribution >= 0.6 is 0 Å². The maximum absolute atomic E-state index is 11.6. The van der Waals surface area contributed by atoms with Crippen LogP contribution < -0.4 is 0 Å². The van der Waals surface area contributed by atoms with E-state index in [1.54, 1.807) is 0 Å². The molecule has 0 amide bonds. The van der Waals surface area contributed by atoms with E-state index in [0.717, 1.165) is 10.8 Å². The molecule has 92 valence electrons. The number of rotatable bonds is 3. The van der Waals surface area contributed by atoms with E-state index in [0.29, 0.717) is 5.56 Å². The van der Waals surface area contributed by atoms with E-state index in [2.05, 4.69) is 6.58 Å². The highest BCUT2D eigenvalue weighted by Gasteiger charge is 2.13. The maximum atomic E-state index is 11.6. The summed E-state index contributed by atoms with van der Waals surface area (Å²) in [6.45, 7) is 5.08. The second-order valence-electron chi connectivity index (χ2n) is 4.05. The van der Waals surface area contributed by atoms with Crippen molar-refractivity contribution in [2.24, 2.45) is 0 Å². The molecule has 1 unspecified atom stereocenters. The van der Waals surface area contributed by atoms with Gasteiger partial charge in [-0.2, -0.15) is 0 Å². The fraction of sp³-hybridized carbons (Fsp3) is 0.133. The second kappa shape index (κ2) is 5.02. The first kappa shape index (κ1) is 12.3. The average Bonchev–Trinajstić information content (AvgIpc) is 2.36. The molecule has 0 radical (unpaired) electrons. The normalized spacial score (nSPS) is 12.1. The third-order valence-corrected chi connectivity index (χ3v) is 2.62. The molecule has 0 aromatic heterocycles. The van der Waals surface area contributed by atoms with Gasteiger partial charge in [0.05, 0.1) is 5.57 Å². The topological polar surface area (TPSA) is 46.5 Å². The van der Waals surface area contributed by atoms with Gasteiger partial charge in [-0.1, -0.05) is 43.0 Å². The third kappa shape index (κ3) is 2.57. The van der Waals surface area contributed by atoms with Gasteiger partial charge in [-0.3, -0.25) is 0 Å². The van der Waals surface area contributed by atoms with E-state index < -0.39 is 12.3 Å². The van der Waals surface area contributed by atoms with Gasteiger partial charge in [0.25, 0.3) is 0 Å². The number of aliphatic hydroxyl groups excluding tert-OH is 1. The van der Waals surface area contributed by atoms with Gasteiger partial charge in [-0.15, -0.1) is 0 Å². The van der Waals surface area contributed by atoms with Gasteiger partial charge >= 0.3 is 5.97 Å². The Morgan fingerprint density at radius 1 is 1.22 bits per heavy atom. The number of benzene rings is 2. The van der Waals surface area contributed by atoms with E-state index >= 15 is 0 Å². The third-order valence-electron chi connectivity index (χ3n) is 2.62. The number of ether oxygens (including phenoxy) is 1. The molecule has 3 heteroatoms. The Balaban J connectivity index is 2.31. The summed E-state index contributed by atoms with van der Waals surface area (Å²) in [4.78, 5) is 11.6. The van der Waals surface area contributed by atoms with Crippen LogP contribution in [-0.2, 0) is 9.53 Å². The Labute approximate surface area is 105 Å². The Kier molecular flexibility index (Phi) is 3.44. The molecular formula is C15H14O3. The fourth-order valence-corrected chi connectivity index (χ4v) is 1.72. The molecule has 3 nitrogen and oxygen atoms in total. The number of hydrogen-bond donors (Lipinski definition) is 1. The largest absolute Gasteiger partial charge is 0.433 e. The van der Waals surface area contributed by atoms with E-state index in [1.165, 1.54) is 6.92 Å². The van der Waals surface area contributed by atoms with Crippen LogP contribution in [0, 0.1) is 0 Å². The lowest BCUT2D eigenvalue weighted by molar-refractivity contribution is -0.157. The second-order valence-corrected chi connectivity index (χ2v) is 4.05. The van der Waals surface area contributed by atoms with Crippen LogP contribution in [0.1, 0.15) is 12.5 Å². The highest BCUT2D eigenvalue weighted by atomic mass is 16.6. The fourth-order valence-electron chi connectivity index (χ4n) is 1.72. The molecule has 0 heterocycles. The molecular weight excluding hydrogens is 228 g/mol. The van der Waals surface area contributed by atoms with E-state index in [1.807, 2.05) is 42.5 Å². The Morgan fingerprint density at radius 2 is 1.89 bits per heavy atom. The minimum atomic E-state index is -1.13. The van der Waals surface area contributed by atoms with Gasteiger partial charge in [0, 0.05) is 0 Å². The molecule has 0 bridgehead atoms. The van der Waals surface area contributed by atoms with Crippen molar-refractivity contribution >= 4 is 22.3 Å². The standard InChI is InChI=1S/C15H14O3/c1-10(15(17)18-11(2)16)13-8-7-12-5-3-4-6-14(12)9-13/h3-9,11,16H,1H2,2H3. The summed E-state index contributed by atoms with van der Waals surface area (Å²) < 4.78 is 4.70. The van der Waals surface area contributed by atoms with Crippen molar-refractivity contribution in [3.63, 3.8) is 0 Å². The minimum Gasteiger partial charge on any atom is -0.433 e. The lowest BCUT2D eigenvalue weighted by Crippen LogP contribution is -2.14. The van der Waals surface area contributed by atoms with Crippen molar-refractivity contribution in [1.82, 2.24) is 0 Å². The van der Waals surface area contributed by atoms with Crippen LogP contribution in [0.4, 0.5) is 0 Å². The molecule has 0 spiro atoms. The zero-order valence-corrected chi connectivity index (χ0v) is 10.1. The van der Waals surface area contributed by atoms with Crippen LogP contribution in [0.25, 0.3) is 16.3 Å². The number of hydrogen-bond acceptors (Lipinski definition) is 3. The first-order chi connectivity index (χ1) is 8.58. The number of fused-ring (bicyclic) bond motifs is 1. The molecule has 0 saturated heterocycles. The quantitative estimate of drug-likeness (QED) is 0.511. The molecule has 0 aliphatic heterocycles. The van der Waals surface area contributed by atoms with Gasteiger partial charge in [-0.25, -0.2) is 4.79 Å². The number of carbonyl (C=O) groups excluding carboxylic acids is 1. The van der Waals surface area contributed by atoms with Crippen molar-refractivity contribution in [3.05, 3.63) is 54.6 Å². The monoisotopic (exact) mass is 242 g/mol. The highest BCUT2D eigenvalue weighted by Crippen LogP contribution is 2.21. The summed E-state index contributed by atoms with van der Waals surface area (Å²) >= 11 is 0. The van der Waals surface area contributed by atoms with Crippen LogP contribution in [-0.4, -0.2) is 17.4 Å². The van der Waals surface area contributed by atoms with Crippen molar-refractivity contribution < 1.29 is 14.6 Å². The van der Waals surface area contributed by atoms with E-state index in [4.69, 9.17) is 9.84 Å². The van der Waals surface area contributed by atoms with Crippen LogP contribution in [0.2, 0.25) is 0 Å². The van der Waals surface area contributed by atoms with Crippen molar-refractivity contribution in [2.75, 3.05) is 0 Å². The van der Waals surface area contributed by atoms with E-state index in [9.17, 15) is 4.79 Å². The number of esters is 1. The smallest absolute Gasteiger partial charge is 0.340 e. The zero-order valence-electron chi connectivity index (χ0n) is 10.1. The summed E-state index contributed by atoms with van der Waals surface area (Å²) in [7, 11) is 0. The van der Waals surface area contributed by atoms with Crippen molar-refractivity contribution in [2.45, 2.75) is 13.2 Å². The van der Waals surface area contributed by atoms with Crippen LogP contribution in [0.3, 0.4) is 0 Å². The van der Waals surface area contributed by atoms with Gasteiger partial charge in [0.1, 0.15) is 0 Å². The first-order valence-electron chi connectivity index (χ1n) is 5.65. The van der Waals surface area contributed by atoms with Crippen molar-refractivity contribution in [1.29, 1.82) is 0 Å². The SMILES string of the molecule is C=C(C(=O)OC(C)O)c1ccc2ccccc2c1. The molecule has 2 aromatic rings. The van der Waals surface area contributed by atoms with Gasteiger partial charge < -0.3 is 9.84 Å². The lowest BCUT2D eigenvalue weighted by atomic mass is 10.0. The van der Waals surface area contributed by atoms with Crippen LogP contribution in [0.5, 0.6) is 0 Å². The predicted molar refractivity (Wildman–Crippen MR) is 70.8 cm³/mol. The van der Waals surface area contributed by atoms with Gasteiger partial charge in [0.2, 0.25) is 0 Å². The van der Waals surface area contributed by atoms with Gasteiger partial charge in [-0.05, 0) is 29.3 Å². The number of aliphatic hydroxyl groups is 1. The molecule has 0 saturated carbocycles. The summed E-state index contributed by atoms with van der Waals surface area (Å²) in [6, 6.07) is 13.5. The Bertz CT molecular complexity index is 599. The summed E-state index contributed by atoms with van der Waals surface area (Å²) in [6.07, 6.45) is -1.13. The Hall–Kier alpha value is -2.13. The Morgan fingerprint density at radius 3 is 2.56 bits per heavy atom. The summed E-state index contributed by atoms with van der Waals surface area (Å²) in [5.41, 5.74) is 0.931. The van der Waals surface area contributed by atoms with Gasteiger partial charge in [0.15, 0.2) is 6.29 Å². The molecule has 1 N–H and O–H groups in total. The number of carbonyl (C=O) groups is 1. The molecule has 0 aliphatic carbocycles. The summed E-state index contributed by atoms with van der Waals surface area (Å²) in [5.74, 6) is -0.611. The minimum absolute atomic E-state index is 0.238. The van der Waals surface area contributed by atoms with Crippen molar-refractivity contribution in [3.8, 4) is 0 Å². The first-order valence-corrected chi connectivity index (χ1v) is 5.65. The van der Waals surface area contributed by atoms with E-state index in [-0.39, 0.29) is 5.57 Å². The lowest BCUT2D eigenvalue weighted by Gasteiger charge is -2.09. The molecule has 1 atom stereocenters. The molecule has 0 fully saturated rings. The maximum Gasteiger partial charge on any atom is 0.340 e. The molecule has 2 rings (SSSR count).